The summed E-state index contributed by atoms with van der Waals surface area (Å²) in [7, 11) is 1.81. The van der Waals surface area contributed by atoms with E-state index in [1.807, 2.05) is 24.0 Å². The van der Waals surface area contributed by atoms with Crippen molar-refractivity contribution >= 4 is 40.2 Å². The van der Waals surface area contributed by atoms with Gasteiger partial charge < -0.3 is 19.9 Å². The molecule has 32 heavy (non-hydrogen) atoms. The summed E-state index contributed by atoms with van der Waals surface area (Å²) in [6.07, 6.45) is 4.62. The summed E-state index contributed by atoms with van der Waals surface area (Å²) in [4.78, 5) is 34.0. The van der Waals surface area contributed by atoms with Crippen LogP contribution in [0.3, 0.4) is 0 Å². The molecule has 0 spiro atoms. The minimum atomic E-state index is -0.245. The van der Waals surface area contributed by atoms with E-state index in [9.17, 15) is 9.59 Å². The third-order valence-corrected chi connectivity index (χ3v) is 8.11. The topological polar surface area (TPSA) is 74.8 Å². The van der Waals surface area contributed by atoms with Crippen molar-refractivity contribution in [1.29, 1.82) is 0 Å². The minimum Gasteiger partial charge on any atom is -0.378 e. The summed E-state index contributed by atoms with van der Waals surface area (Å²) < 4.78 is 5.80. The molecule has 4 rings (SSSR count). The largest absolute Gasteiger partial charge is 0.378 e. The van der Waals surface area contributed by atoms with E-state index in [-0.39, 0.29) is 30.0 Å². The monoisotopic (exact) mass is 456 g/mol. The van der Waals surface area contributed by atoms with Crippen LogP contribution < -0.4 is 10.2 Å². The summed E-state index contributed by atoms with van der Waals surface area (Å²) in [6.45, 7) is 6.05. The highest BCUT2D eigenvalue weighted by atomic mass is 32.2. The van der Waals surface area contributed by atoms with E-state index < -0.39 is 0 Å². The van der Waals surface area contributed by atoms with E-state index >= 15 is 0 Å². The van der Waals surface area contributed by atoms with Crippen molar-refractivity contribution < 1.29 is 14.3 Å². The number of pyridine rings is 1. The Morgan fingerprint density at radius 2 is 2.06 bits per heavy atom. The van der Waals surface area contributed by atoms with E-state index in [1.165, 1.54) is 0 Å². The lowest BCUT2D eigenvalue weighted by molar-refractivity contribution is -0.130. The van der Waals surface area contributed by atoms with E-state index in [2.05, 4.69) is 28.2 Å². The van der Waals surface area contributed by atoms with Crippen LogP contribution in [0.15, 0.2) is 30.5 Å². The summed E-state index contributed by atoms with van der Waals surface area (Å²) in [6, 6.07) is 8.02. The Bertz CT molecular complexity index is 984. The fraction of sp³-hybridized carbons (Fsp3) is 0.542. The van der Waals surface area contributed by atoms with Gasteiger partial charge in [-0.05, 0) is 50.5 Å². The summed E-state index contributed by atoms with van der Waals surface area (Å²) >= 11 is 1.74. The highest BCUT2D eigenvalue weighted by Crippen LogP contribution is 2.32. The third-order valence-electron chi connectivity index (χ3n) is 6.93. The van der Waals surface area contributed by atoms with Crippen molar-refractivity contribution in [2.75, 3.05) is 43.3 Å². The number of hydrogen-bond donors (Lipinski definition) is 1. The number of hydrogen-bond acceptors (Lipinski definition) is 6. The minimum absolute atomic E-state index is 0.00941. The van der Waals surface area contributed by atoms with Gasteiger partial charge in [-0.2, -0.15) is 0 Å². The van der Waals surface area contributed by atoms with Crippen LogP contribution >= 0.6 is 11.8 Å². The molecule has 2 aromatic rings. The highest BCUT2D eigenvalue weighted by molar-refractivity contribution is 7.99. The van der Waals surface area contributed by atoms with Gasteiger partial charge in [0.1, 0.15) is 0 Å². The Morgan fingerprint density at radius 3 is 2.72 bits per heavy atom. The zero-order valence-electron chi connectivity index (χ0n) is 19.1. The van der Waals surface area contributed by atoms with Crippen molar-refractivity contribution in [3.8, 4) is 0 Å². The molecule has 1 atom stereocenters. The first-order valence-electron chi connectivity index (χ1n) is 11.3. The number of anilines is 1. The molecule has 7 nitrogen and oxygen atoms in total. The molecule has 0 bridgehead atoms. The van der Waals surface area contributed by atoms with Crippen LogP contribution in [0.4, 0.5) is 5.69 Å². The van der Waals surface area contributed by atoms with Crippen LogP contribution in [-0.4, -0.2) is 71.7 Å². The molecule has 8 heteroatoms. The number of fused-ring (bicyclic) bond motifs is 1. The lowest BCUT2D eigenvalue weighted by atomic mass is 9.88. The van der Waals surface area contributed by atoms with Crippen LogP contribution in [-0.2, 0) is 9.53 Å². The lowest BCUT2D eigenvalue weighted by Crippen LogP contribution is -2.45. The molecule has 0 aliphatic carbocycles. The van der Waals surface area contributed by atoms with Gasteiger partial charge in [-0.3, -0.25) is 14.6 Å². The van der Waals surface area contributed by atoms with Crippen molar-refractivity contribution in [2.24, 2.45) is 0 Å². The molecule has 0 saturated carbocycles. The zero-order chi connectivity index (χ0) is 22.7. The number of aromatic nitrogens is 1. The molecule has 2 fully saturated rings. The number of nitrogens with one attached hydrogen (secondary N) is 1. The number of rotatable bonds is 6. The number of methoxy groups -OCH3 is 1. The van der Waals surface area contributed by atoms with Gasteiger partial charge in [0, 0.05) is 49.3 Å². The van der Waals surface area contributed by atoms with Gasteiger partial charge in [-0.15, -0.1) is 11.8 Å². The number of benzene rings is 1. The van der Waals surface area contributed by atoms with Gasteiger partial charge in [0.05, 0.1) is 29.1 Å². The van der Waals surface area contributed by atoms with E-state index in [4.69, 9.17) is 4.74 Å². The second kappa shape index (κ2) is 9.67. The first kappa shape index (κ1) is 22.9. The van der Waals surface area contributed by atoms with Gasteiger partial charge in [-0.1, -0.05) is 6.92 Å². The maximum Gasteiger partial charge on any atom is 0.252 e. The predicted molar refractivity (Wildman–Crippen MR) is 129 cm³/mol. The summed E-state index contributed by atoms with van der Waals surface area (Å²) in [5, 5.41) is 3.62. The SMILES string of the molecule is CCC1(OC)CCN(c2ccc3nccc(C(=O)NCC(=O)N4CSC[C@H]4C)c3c2)CC1. The first-order valence-corrected chi connectivity index (χ1v) is 12.5. The van der Waals surface area contributed by atoms with Crippen LogP contribution in [0.5, 0.6) is 0 Å². The smallest absolute Gasteiger partial charge is 0.252 e. The molecule has 172 valence electrons. The number of ether oxygens (including phenoxy) is 1. The van der Waals surface area contributed by atoms with Crippen molar-refractivity contribution in [2.45, 2.75) is 44.8 Å². The van der Waals surface area contributed by atoms with Gasteiger partial charge in [0.15, 0.2) is 0 Å². The Balaban J connectivity index is 1.49. The van der Waals surface area contributed by atoms with Crippen LogP contribution in [0.25, 0.3) is 10.9 Å². The summed E-state index contributed by atoms with van der Waals surface area (Å²) in [5.74, 6) is 1.35. The molecule has 0 unspecified atom stereocenters. The Morgan fingerprint density at radius 1 is 1.28 bits per heavy atom. The van der Waals surface area contributed by atoms with Crippen molar-refractivity contribution in [3.63, 3.8) is 0 Å². The molecule has 2 aliphatic heterocycles. The van der Waals surface area contributed by atoms with Gasteiger partial charge in [0.2, 0.25) is 5.91 Å². The number of nitrogens with zero attached hydrogens (tertiary/aromatic N) is 3. The molecule has 3 heterocycles. The van der Waals surface area contributed by atoms with E-state index in [0.717, 1.165) is 54.7 Å². The molecule has 0 radical (unpaired) electrons. The molecule has 2 saturated heterocycles. The Labute approximate surface area is 193 Å². The van der Waals surface area contributed by atoms with Crippen LogP contribution in [0.2, 0.25) is 0 Å². The number of piperidine rings is 1. The van der Waals surface area contributed by atoms with E-state index in [0.29, 0.717) is 11.4 Å². The molecular formula is C24H32N4O3S. The van der Waals surface area contributed by atoms with Crippen molar-refractivity contribution in [1.82, 2.24) is 15.2 Å². The predicted octanol–water partition coefficient (Wildman–Crippen LogP) is 3.28. The van der Waals surface area contributed by atoms with E-state index in [1.54, 1.807) is 31.1 Å². The molecule has 1 N–H and O–H groups in total. The highest BCUT2D eigenvalue weighted by Gasteiger charge is 2.33. The van der Waals surface area contributed by atoms with Crippen molar-refractivity contribution in [3.05, 3.63) is 36.0 Å². The maximum atomic E-state index is 13.0. The van der Waals surface area contributed by atoms with Gasteiger partial charge in [-0.25, -0.2) is 0 Å². The number of amides is 2. The molecular weight excluding hydrogens is 424 g/mol. The lowest BCUT2D eigenvalue weighted by Gasteiger charge is -2.41. The van der Waals surface area contributed by atoms with Crippen LogP contribution in [0, 0.1) is 0 Å². The average molecular weight is 457 g/mol. The third kappa shape index (κ3) is 4.57. The molecule has 1 aromatic heterocycles. The average Bonchev–Trinajstić information content (AvgIpc) is 3.27. The Hall–Kier alpha value is -2.32. The normalized spacial score (nSPS) is 20.5. The van der Waals surface area contributed by atoms with Gasteiger partial charge in [0.25, 0.3) is 5.91 Å². The maximum absolute atomic E-state index is 13.0. The van der Waals surface area contributed by atoms with Crippen LogP contribution in [0.1, 0.15) is 43.5 Å². The molecule has 2 aliphatic rings. The second-order valence-corrected chi connectivity index (χ2v) is 9.68. The second-order valence-electron chi connectivity index (χ2n) is 8.68. The fourth-order valence-electron chi connectivity index (χ4n) is 4.61. The summed E-state index contributed by atoms with van der Waals surface area (Å²) in [5.41, 5.74) is 2.37. The molecule has 1 aromatic carbocycles. The number of carbonyl (C=O) groups excluding carboxylic acids is 2. The fourth-order valence-corrected chi connectivity index (χ4v) is 5.83. The van der Waals surface area contributed by atoms with Gasteiger partial charge >= 0.3 is 0 Å². The Kier molecular flexibility index (Phi) is 6.90. The number of thioether (sulfide) groups is 1. The number of carbonyl (C=O) groups is 2. The first-order chi connectivity index (χ1) is 15.5. The standard InChI is InChI=1S/C24H32N4O3S/c1-4-24(31-3)8-11-27(12-9-24)18-5-6-21-20(13-18)19(7-10-25-21)23(30)26-14-22(29)28-16-32-15-17(28)2/h5-7,10,13,17H,4,8-9,11-12,14-16H2,1-3H3,(H,26,30)/t17-/m1/s1. The zero-order valence-corrected chi connectivity index (χ0v) is 19.9. The molecule has 2 amide bonds. The quantitative estimate of drug-likeness (QED) is 0.719.